The third-order valence-corrected chi connectivity index (χ3v) is 11.4. The van der Waals surface area contributed by atoms with Crippen molar-refractivity contribution in [2.45, 2.75) is 216 Å². The second-order valence-corrected chi connectivity index (χ2v) is 16.8. The van der Waals surface area contributed by atoms with Crippen LogP contribution in [-0.4, -0.2) is 140 Å². The molecule has 2 aliphatic rings. The summed E-state index contributed by atoms with van der Waals surface area (Å²) in [6.45, 7) is 2.58. The summed E-state index contributed by atoms with van der Waals surface area (Å²) in [4.78, 5) is 13.1. The van der Waals surface area contributed by atoms with Crippen molar-refractivity contribution >= 4 is 5.91 Å². The van der Waals surface area contributed by atoms with Crippen LogP contribution in [-0.2, 0) is 23.7 Å². The summed E-state index contributed by atoms with van der Waals surface area (Å²) < 4.78 is 22.6. The first-order valence-corrected chi connectivity index (χ1v) is 24.2. The largest absolute Gasteiger partial charge is 0.394 e. The Balaban J connectivity index is 1.92. The molecule has 1 amide bonds. The first-order valence-electron chi connectivity index (χ1n) is 24.2. The van der Waals surface area contributed by atoms with Gasteiger partial charge in [-0.15, -0.1) is 0 Å². The molecule has 2 saturated heterocycles. The summed E-state index contributed by atoms with van der Waals surface area (Å²) in [5, 5.41) is 86.5. The minimum absolute atomic E-state index is 0.231. The molecule has 2 aliphatic heterocycles. The van der Waals surface area contributed by atoms with Gasteiger partial charge in [0.25, 0.3) is 0 Å². The number of nitrogens with one attached hydrogen (secondary N) is 1. The highest BCUT2D eigenvalue weighted by molar-refractivity contribution is 5.76. The van der Waals surface area contributed by atoms with Gasteiger partial charge in [-0.1, -0.05) is 132 Å². The Kier molecular flexibility index (Phi) is 32.9. The molecule has 14 nitrogen and oxygen atoms in total. The summed E-state index contributed by atoms with van der Waals surface area (Å²) in [5.74, 6) is -0.287. The van der Waals surface area contributed by atoms with Gasteiger partial charge in [0.1, 0.15) is 48.8 Å². The molecule has 2 rings (SSSR count). The Morgan fingerprint density at radius 3 is 1.72 bits per heavy atom. The molecule has 12 atom stereocenters. The fourth-order valence-electron chi connectivity index (χ4n) is 7.39. The van der Waals surface area contributed by atoms with Crippen LogP contribution in [0.5, 0.6) is 0 Å². The van der Waals surface area contributed by atoms with Crippen molar-refractivity contribution in [2.24, 2.45) is 0 Å². The molecular weight excluding hydrogens is 823 g/mol. The van der Waals surface area contributed by atoms with Gasteiger partial charge in [0.15, 0.2) is 12.6 Å². The zero-order valence-corrected chi connectivity index (χ0v) is 38.7. The van der Waals surface area contributed by atoms with E-state index in [4.69, 9.17) is 18.9 Å². The molecule has 0 aromatic rings. The van der Waals surface area contributed by atoms with Crippen LogP contribution in [0.25, 0.3) is 0 Å². The van der Waals surface area contributed by atoms with E-state index in [1.807, 2.05) is 6.08 Å². The SMILES string of the molecule is CC/C=C\C/C=C\C/C=C\CCCCCC(=O)NC(COC1OC(CO)C(OC2OC(CO)C(O)C(O)C2O)C(O)C1O)C(O)/C=C/CC/C=C/CC/C=C/CCCCCCCCC. The van der Waals surface area contributed by atoms with Crippen LogP contribution in [0.4, 0.5) is 0 Å². The number of aliphatic hydroxyl groups is 8. The van der Waals surface area contributed by atoms with Crippen molar-refractivity contribution in [1.82, 2.24) is 5.32 Å². The lowest BCUT2D eigenvalue weighted by molar-refractivity contribution is -0.359. The van der Waals surface area contributed by atoms with Gasteiger partial charge in [0.2, 0.25) is 5.91 Å². The van der Waals surface area contributed by atoms with Crippen molar-refractivity contribution in [3.63, 3.8) is 0 Å². The maximum absolute atomic E-state index is 13.1. The van der Waals surface area contributed by atoms with Gasteiger partial charge in [-0.25, -0.2) is 0 Å². The second kappa shape index (κ2) is 36.5. The molecule has 64 heavy (non-hydrogen) atoms. The maximum atomic E-state index is 13.1. The third-order valence-electron chi connectivity index (χ3n) is 11.4. The van der Waals surface area contributed by atoms with Crippen molar-refractivity contribution in [1.29, 1.82) is 0 Å². The Hall–Kier alpha value is -2.57. The number of hydrogen-bond acceptors (Lipinski definition) is 13. The zero-order chi connectivity index (χ0) is 46.8. The molecule has 0 bridgehead atoms. The first kappa shape index (κ1) is 57.6. The number of carbonyl (C=O) groups is 1. The summed E-state index contributed by atoms with van der Waals surface area (Å²) in [6, 6.07) is -0.954. The van der Waals surface area contributed by atoms with Gasteiger partial charge in [-0.3, -0.25) is 4.79 Å². The van der Waals surface area contributed by atoms with E-state index in [1.165, 1.54) is 44.9 Å². The normalized spacial score (nSPS) is 27.9. The van der Waals surface area contributed by atoms with E-state index in [0.29, 0.717) is 12.8 Å². The zero-order valence-electron chi connectivity index (χ0n) is 38.7. The summed E-state index contributed by atoms with van der Waals surface area (Å²) in [5.41, 5.74) is 0. The molecule has 0 spiro atoms. The predicted molar refractivity (Wildman–Crippen MR) is 249 cm³/mol. The molecular formula is C50H85NO13. The number of hydrogen-bond donors (Lipinski definition) is 9. The highest BCUT2D eigenvalue weighted by Crippen LogP contribution is 2.30. The molecule has 2 fully saturated rings. The van der Waals surface area contributed by atoms with E-state index in [0.717, 1.165) is 64.2 Å². The second-order valence-electron chi connectivity index (χ2n) is 16.8. The molecule has 12 unspecified atom stereocenters. The molecule has 2 heterocycles. The van der Waals surface area contributed by atoms with Crippen LogP contribution in [0.2, 0.25) is 0 Å². The van der Waals surface area contributed by atoms with Crippen molar-refractivity contribution < 1.29 is 64.6 Å². The minimum Gasteiger partial charge on any atom is -0.394 e. The lowest BCUT2D eigenvalue weighted by Gasteiger charge is -2.46. The quantitative estimate of drug-likeness (QED) is 0.0277. The number of ether oxygens (including phenoxy) is 4. The summed E-state index contributed by atoms with van der Waals surface area (Å²) >= 11 is 0. The van der Waals surface area contributed by atoms with Gasteiger partial charge >= 0.3 is 0 Å². The highest BCUT2D eigenvalue weighted by atomic mass is 16.7. The lowest BCUT2D eigenvalue weighted by Crippen LogP contribution is -2.65. The molecule has 9 N–H and O–H groups in total. The van der Waals surface area contributed by atoms with Gasteiger partial charge < -0.3 is 65.1 Å². The van der Waals surface area contributed by atoms with Crippen molar-refractivity contribution in [2.75, 3.05) is 19.8 Å². The number of carbonyl (C=O) groups excluding carboxylic acids is 1. The fourth-order valence-corrected chi connectivity index (χ4v) is 7.39. The molecule has 0 aromatic heterocycles. The fraction of sp³-hybridized carbons (Fsp3) is 0.740. The minimum atomic E-state index is -1.80. The van der Waals surface area contributed by atoms with E-state index in [9.17, 15) is 45.6 Å². The van der Waals surface area contributed by atoms with Crippen molar-refractivity contribution in [3.05, 3.63) is 72.9 Å². The van der Waals surface area contributed by atoms with Crippen LogP contribution < -0.4 is 5.32 Å². The van der Waals surface area contributed by atoms with Gasteiger partial charge in [0, 0.05) is 6.42 Å². The van der Waals surface area contributed by atoms with Gasteiger partial charge in [-0.2, -0.15) is 0 Å². The van der Waals surface area contributed by atoms with E-state index < -0.39 is 86.8 Å². The Bertz CT molecular complexity index is 1350. The highest BCUT2D eigenvalue weighted by Gasteiger charge is 2.51. The van der Waals surface area contributed by atoms with E-state index in [1.54, 1.807) is 6.08 Å². The maximum Gasteiger partial charge on any atom is 0.220 e. The molecule has 0 saturated carbocycles. The Morgan fingerprint density at radius 1 is 0.578 bits per heavy atom. The lowest BCUT2D eigenvalue weighted by atomic mass is 9.97. The molecule has 0 radical (unpaired) electrons. The summed E-state index contributed by atoms with van der Waals surface area (Å²) in [6.07, 6.45) is 28.1. The predicted octanol–water partition coefficient (Wildman–Crippen LogP) is 5.65. The molecule has 14 heteroatoms. The van der Waals surface area contributed by atoms with Crippen LogP contribution in [0.15, 0.2) is 72.9 Å². The van der Waals surface area contributed by atoms with E-state index in [-0.39, 0.29) is 18.9 Å². The van der Waals surface area contributed by atoms with Crippen molar-refractivity contribution in [3.8, 4) is 0 Å². The number of amides is 1. The Labute approximate surface area is 383 Å². The van der Waals surface area contributed by atoms with Crippen LogP contribution in [0.3, 0.4) is 0 Å². The molecule has 0 aliphatic carbocycles. The topological polar surface area (TPSA) is 228 Å². The number of unbranched alkanes of at least 4 members (excludes halogenated alkanes) is 12. The standard InChI is InChI=1S/C50H85NO13/c1-3-5-7-9-11-13-15-17-18-19-20-22-23-25-27-29-31-33-39(54)38(51-42(55)34-32-30-28-26-24-21-16-14-12-10-8-6-4-2)37-61-49-47(60)45(58)48(41(36-53)63-49)64-50-46(59)44(57)43(56)40(35-52)62-50/h6,8,12,14,18-19,21,23-25,31,33,38-41,43-50,52-54,56-60H,3-5,7,9-11,13,15-17,20,22,26-30,32,34-37H2,1-2H3,(H,51,55)/b8-6-,14-12-,19-18+,24-21-,25-23+,33-31+. The van der Waals surface area contributed by atoms with Gasteiger partial charge in [0.05, 0.1) is 32.0 Å². The average Bonchev–Trinajstić information content (AvgIpc) is 3.29. The number of aliphatic hydroxyl groups excluding tert-OH is 8. The summed E-state index contributed by atoms with van der Waals surface area (Å²) in [7, 11) is 0. The number of rotatable bonds is 35. The first-order chi connectivity index (χ1) is 31.1. The van der Waals surface area contributed by atoms with E-state index >= 15 is 0 Å². The third kappa shape index (κ3) is 23.7. The molecule has 368 valence electrons. The van der Waals surface area contributed by atoms with E-state index in [2.05, 4.69) is 79.9 Å². The monoisotopic (exact) mass is 908 g/mol. The Morgan fingerprint density at radius 2 is 1.09 bits per heavy atom. The smallest absolute Gasteiger partial charge is 0.220 e. The number of allylic oxidation sites excluding steroid dienone is 11. The van der Waals surface area contributed by atoms with Crippen LogP contribution in [0, 0.1) is 0 Å². The average molecular weight is 908 g/mol. The molecule has 0 aromatic carbocycles. The van der Waals surface area contributed by atoms with Gasteiger partial charge in [-0.05, 0) is 77.0 Å². The van der Waals surface area contributed by atoms with Crippen LogP contribution in [0.1, 0.15) is 142 Å². The van der Waals surface area contributed by atoms with Crippen LogP contribution >= 0.6 is 0 Å².